The van der Waals surface area contributed by atoms with Crippen LogP contribution in [0.3, 0.4) is 0 Å². The van der Waals surface area contributed by atoms with E-state index in [0.29, 0.717) is 18.3 Å². The van der Waals surface area contributed by atoms with Crippen LogP contribution in [0.25, 0.3) is 5.52 Å². The summed E-state index contributed by atoms with van der Waals surface area (Å²) < 4.78 is 7.27. The van der Waals surface area contributed by atoms with E-state index in [1.807, 2.05) is 32.0 Å². The van der Waals surface area contributed by atoms with Crippen molar-refractivity contribution < 1.29 is 9.84 Å². The van der Waals surface area contributed by atoms with Crippen LogP contribution in [0.1, 0.15) is 13.8 Å². The highest BCUT2D eigenvalue weighted by Gasteiger charge is 2.06. The Morgan fingerprint density at radius 1 is 1.39 bits per heavy atom. The highest BCUT2D eigenvalue weighted by atomic mass is 16.5. The van der Waals surface area contributed by atoms with Crippen molar-refractivity contribution in [1.82, 2.24) is 14.9 Å². The van der Waals surface area contributed by atoms with Crippen LogP contribution in [0.4, 0.5) is 0 Å². The highest BCUT2D eigenvalue weighted by molar-refractivity contribution is 5.47. The Morgan fingerprint density at radius 3 is 3.00 bits per heavy atom. The fourth-order valence-electron chi connectivity index (χ4n) is 1.60. The van der Waals surface area contributed by atoms with Crippen molar-refractivity contribution >= 4 is 5.52 Å². The van der Waals surface area contributed by atoms with Crippen molar-refractivity contribution in [2.24, 2.45) is 0 Å². The molecular formula is C13H19N3O2. The van der Waals surface area contributed by atoms with Gasteiger partial charge >= 0.3 is 0 Å². The van der Waals surface area contributed by atoms with Gasteiger partial charge in [-0.25, -0.2) is 4.52 Å². The Labute approximate surface area is 106 Å². The van der Waals surface area contributed by atoms with Crippen LogP contribution in [-0.4, -0.2) is 40.0 Å². The zero-order valence-electron chi connectivity index (χ0n) is 10.7. The molecule has 5 nitrogen and oxygen atoms in total. The molecule has 98 valence electrons. The van der Waals surface area contributed by atoms with Gasteiger partial charge in [0, 0.05) is 18.8 Å². The average molecular weight is 249 g/mol. The molecule has 2 rings (SSSR count). The molecule has 5 heteroatoms. The van der Waals surface area contributed by atoms with Crippen molar-refractivity contribution in [1.29, 1.82) is 0 Å². The van der Waals surface area contributed by atoms with Gasteiger partial charge < -0.3 is 15.2 Å². The van der Waals surface area contributed by atoms with E-state index in [9.17, 15) is 5.11 Å². The van der Waals surface area contributed by atoms with Crippen molar-refractivity contribution in [3.05, 3.63) is 30.6 Å². The number of pyridine rings is 1. The minimum atomic E-state index is -0.513. The van der Waals surface area contributed by atoms with Crippen molar-refractivity contribution in [3.63, 3.8) is 0 Å². The van der Waals surface area contributed by atoms with Gasteiger partial charge in [0.1, 0.15) is 18.5 Å². The molecule has 0 saturated carbocycles. The number of ether oxygens (including phenoxy) is 1. The zero-order chi connectivity index (χ0) is 13.0. The lowest BCUT2D eigenvalue weighted by Crippen LogP contribution is -2.35. The summed E-state index contributed by atoms with van der Waals surface area (Å²) in [4.78, 5) is 0. The molecule has 0 saturated heterocycles. The lowest BCUT2D eigenvalue weighted by atomic mass is 10.3. The van der Waals surface area contributed by atoms with E-state index < -0.39 is 6.10 Å². The first-order valence-corrected chi connectivity index (χ1v) is 6.13. The second-order valence-corrected chi connectivity index (χ2v) is 4.59. The molecule has 0 aliphatic carbocycles. The molecule has 0 aliphatic rings. The number of rotatable bonds is 6. The summed E-state index contributed by atoms with van der Waals surface area (Å²) in [5.41, 5.74) is 1.02. The van der Waals surface area contributed by atoms with E-state index in [4.69, 9.17) is 4.74 Å². The molecule has 1 unspecified atom stereocenters. The van der Waals surface area contributed by atoms with E-state index in [1.165, 1.54) is 0 Å². The molecule has 18 heavy (non-hydrogen) atoms. The predicted molar refractivity (Wildman–Crippen MR) is 69.8 cm³/mol. The number of nitrogens with zero attached hydrogens (tertiary/aromatic N) is 2. The van der Waals surface area contributed by atoms with Gasteiger partial charge in [-0.3, -0.25) is 0 Å². The van der Waals surface area contributed by atoms with E-state index in [0.717, 1.165) is 5.52 Å². The maximum absolute atomic E-state index is 9.72. The topological polar surface area (TPSA) is 58.8 Å². The number of aromatic nitrogens is 2. The molecule has 2 aromatic rings. The molecule has 2 N–H and O–H groups in total. The molecule has 2 heterocycles. The Balaban J connectivity index is 1.85. The number of aliphatic hydroxyl groups is 1. The Bertz CT molecular complexity index is 496. The standard InChI is InChI=1S/C13H19N3O2/c1-10(2)14-7-12(17)9-18-13-4-3-11-5-6-15-16(11)8-13/h3-6,8,10,12,14,17H,7,9H2,1-2H3. The molecule has 1 atom stereocenters. The third-order valence-electron chi connectivity index (χ3n) is 2.57. The molecule has 0 amide bonds. The predicted octanol–water partition coefficient (Wildman–Crippen LogP) is 1.07. The maximum atomic E-state index is 9.72. The Kier molecular flexibility index (Phi) is 4.17. The monoisotopic (exact) mass is 249 g/mol. The molecule has 0 aromatic carbocycles. The molecular weight excluding hydrogens is 230 g/mol. The SMILES string of the molecule is CC(C)NCC(O)COc1ccc2ccnn2c1. The van der Waals surface area contributed by atoms with E-state index >= 15 is 0 Å². The van der Waals surface area contributed by atoms with E-state index in [2.05, 4.69) is 10.4 Å². The summed E-state index contributed by atoms with van der Waals surface area (Å²) in [6.07, 6.45) is 3.03. The van der Waals surface area contributed by atoms with Crippen LogP contribution in [-0.2, 0) is 0 Å². The van der Waals surface area contributed by atoms with Crippen LogP contribution in [0.5, 0.6) is 5.75 Å². The second-order valence-electron chi connectivity index (χ2n) is 4.59. The van der Waals surface area contributed by atoms with Gasteiger partial charge in [0.25, 0.3) is 0 Å². The first kappa shape index (κ1) is 12.9. The minimum absolute atomic E-state index is 0.270. The first-order chi connectivity index (χ1) is 8.65. The van der Waals surface area contributed by atoms with Gasteiger partial charge in [-0.15, -0.1) is 0 Å². The first-order valence-electron chi connectivity index (χ1n) is 6.13. The second kappa shape index (κ2) is 5.84. The average Bonchev–Trinajstić information content (AvgIpc) is 2.81. The van der Waals surface area contributed by atoms with Crippen LogP contribution in [0, 0.1) is 0 Å². The molecule has 0 radical (unpaired) electrons. The van der Waals surface area contributed by atoms with Crippen LogP contribution in [0.2, 0.25) is 0 Å². The van der Waals surface area contributed by atoms with Gasteiger partial charge in [-0.05, 0) is 18.2 Å². The zero-order valence-corrected chi connectivity index (χ0v) is 10.7. The van der Waals surface area contributed by atoms with Crippen molar-refractivity contribution in [3.8, 4) is 5.75 Å². The number of nitrogens with one attached hydrogen (secondary N) is 1. The third-order valence-corrected chi connectivity index (χ3v) is 2.57. The van der Waals surface area contributed by atoms with Gasteiger partial charge in [-0.1, -0.05) is 13.8 Å². The summed E-state index contributed by atoms with van der Waals surface area (Å²) in [5.74, 6) is 0.704. The Morgan fingerprint density at radius 2 is 2.22 bits per heavy atom. The van der Waals surface area contributed by atoms with Crippen LogP contribution in [0.15, 0.2) is 30.6 Å². The fraction of sp³-hybridized carbons (Fsp3) is 0.462. The molecule has 0 fully saturated rings. The minimum Gasteiger partial charge on any atom is -0.489 e. The summed E-state index contributed by atoms with van der Waals surface area (Å²) in [7, 11) is 0. The van der Waals surface area contributed by atoms with Crippen molar-refractivity contribution in [2.45, 2.75) is 26.0 Å². The quantitative estimate of drug-likeness (QED) is 0.804. The van der Waals surface area contributed by atoms with Gasteiger partial charge in [-0.2, -0.15) is 5.10 Å². The number of fused-ring (bicyclic) bond motifs is 1. The number of hydrogen-bond acceptors (Lipinski definition) is 4. The number of aliphatic hydroxyl groups excluding tert-OH is 1. The highest BCUT2D eigenvalue weighted by Crippen LogP contribution is 2.12. The molecule has 0 aliphatic heterocycles. The van der Waals surface area contributed by atoms with Gasteiger partial charge in [0.05, 0.1) is 11.7 Å². The molecule has 0 spiro atoms. The van der Waals surface area contributed by atoms with Crippen LogP contribution >= 0.6 is 0 Å². The lowest BCUT2D eigenvalue weighted by molar-refractivity contribution is 0.104. The van der Waals surface area contributed by atoms with E-state index in [1.54, 1.807) is 16.9 Å². The maximum Gasteiger partial charge on any atom is 0.137 e. The lowest BCUT2D eigenvalue weighted by Gasteiger charge is -2.15. The summed E-state index contributed by atoms with van der Waals surface area (Å²) in [6, 6.07) is 6.09. The largest absolute Gasteiger partial charge is 0.489 e. The number of hydrogen-bond donors (Lipinski definition) is 2. The summed E-state index contributed by atoms with van der Waals surface area (Å²) >= 11 is 0. The van der Waals surface area contributed by atoms with Gasteiger partial charge in [0.15, 0.2) is 0 Å². The molecule has 2 aromatic heterocycles. The smallest absolute Gasteiger partial charge is 0.137 e. The van der Waals surface area contributed by atoms with Crippen LogP contribution < -0.4 is 10.1 Å². The third kappa shape index (κ3) is 3.45. The normalized spacial score (nSPS) is 13.1. The summed E-state index contributed by atoms with van der Waals surface area (Å²) in [6.45, 7) is 4.88. The van der Waals surface area contributed by atoms with Crippen molar-refractivity contribution in [2.75, 3.05) is 13.2 Å². The van der Waals surface area contributed by atoms with Gasteiger partial charge in [0.2, 0.25) is 0 Å². The fourth-order valence-corrected chi connectivity index (χ4v) is 1.60. The Hall–Kier alpha value is -1.59. The van der Waals surface area contributed by atoms with E-state index in [-0.39, 0.29) is 6.61 Å². The molecule has 0 bridgehead atoms. The summed E-state index contributed by atoms with van der Waals surface area (Å²) in [5, 5.41) is 17.0.